The number of halogens is 2. The molecular formula is C16H12BrFN3O3S. The number of nitrogens with one attached hydrogen (secondary N) is 1. The number of aryl methyl sites for hydroxylation is 1. The van der Waals surface area contributed by atoms with Gasteiger partial charge < -0.3 is 14.9 Å². The first-order chi connectivity index (χ1) is 11.8. The normalized spacial score (nSPS) is 13.4. The van der Waals surface area contributed by atoms with E-state index in [1.165, 1.54) is 29.5 Å². The zero-order valence-electron chi connectivity index (χ0n) is 12.9. The fraction of sp³-hybridized carbons (Fsp3) is 0.125. The average Bonchev–Trinajstić information content (AvgIpc) is 3.13. The van der Waals surface area contributed by atoms with Gasteiger partial charge in [-0.1, -0.05) is 23.4 Å². The number of aromatic nitrogens is 2. The second-order valence-electron chi connectivity index (χ2n) is 5.27. The maximum Gasteiger partial charge on any atom is 0.405 e. The zero-order chi connectivity index (χ0) is 18.2. The van der Waals surface area contributed by atoms with Crippen molar-refractivity contribution in [2.75, 3.05) is 0 Å². The zero-order valence-corrected chi connectivity index (χ0v) is 15.3. The number of benzene rings is 1. The van der Waals surface area contributed by atoms with Gasteiger partial charge in [0.1, 0.15) is 17.1 Å². The van der Waals surface area contributed by atoms with Gasteiger partial charge in [-0.25, -0.2) is 14.2 Å². The molecule has 25 heavy (non-hydrogen) atoms. The van der Waals surface area contributed by atoms with Crippen LogP contribution in [0.5, 0.6) is 0 Å². The first kappa shape index (κ1) is 17.6. The van der Waals surface area contributed by atoms with Crippen molar-refractivity contribution in [2.24, 2.45) is 0 Å². The average molecular weight is 425 g/mol. The summed E-state index contributed by atoms with van der Waals surface area (Å²) in [5, 5.41) is 17.2. The predicted octanol–water partition coefficient (Wildman–Crippen LogP) is 4.35. The highest BCUT2D eigenvalue weighted by Crippen LogP contribution is 2.40. The number of rotatable bonds is 4. The molecule has 0 aliphatic rings. The maximum atomic E-state index is 14.5. The molecule has 3 rings (SSSR count). The molecule has 2 N–H and O–H groups in total. The summed E-state index contributed by atoms with van der Waals surface area (Å²) in [4.78, 5) is 15.7. The Morgan fingerprint density at radius 2 is 2.20 bits per heavy atom. The first-order valence-corrected chi connectivity index (χ1v) is 8.70. The highest BCUT2D eigenvalue weighted by molar-refractivity contribution is 9.11. The molecule has 6 nitrogen and oxygen atoms in total. The highest BCUT2D eigenvalue weighted by atomic mass is 79.9. The Labute approximate surface area is 154 Å². The van der Waals surface area contributed by atoms with E-state index in [1.807, 2.05) is 0 Å². The molecule has 0 saturated heterocycles. The number of nitrogens with zero attached hydrogens (tertiary/aromatic N) is 2. The van der Waals surface area contributed by atoms with Crippen LogP contribution in [-0.4, -0.2) is 21.3 Å². The van der Waals surface area contributed by atoms with Crippen molar-refractivity contribution in [3.05, 3.63) is 63.1 Å². The minimum atomic E-state index is -1.66. The summed E-state index contributed by atoms with van der Waals surface area (Å²) in [6, 6.07) is 5.81. The Bertz CT molecular complexity index is 942. The largest absolute Gasteiger partial charge is 0.465 e. The van der Waals surface area contributed by atoms with Crippen LogP contribution in [0.2, 0.25) is 0 Å². The molecule has 1 radical (unpaired) electrons. The van der Waals surface area contributed by atoms with Crippen molar-refractivity contribution in [3.8, 4) is 11.5 Å². The molecule has 1 unspecified atom stereocenters. The van der Waals surface area contributed by atoms with E-state index in [1.54, 1.807) is 18.4 Å². The van der Waals surface area contributed by atoms with Gasteiger partial charge >= 0.3 is 6.09 Å². The van der Waals surface area contributed by atoms with Crippen LogP contribution in [0.3, 0.4) is 0 Å². The molecular weight excluding hydrogens is 413 g/mol. The number of thiazole rings is 1. The van der Waals surface area contributed by atoms with Gasteiger partial charge in [-0.2, -0.15) is 0 Å². The second kappa shape index (κ2) is 6.57. The highest BCUT2D eigenvalue weighted by Gasteiger charge is 2.40. The molecule has 0 aliphatic heterocycles. The van der Waals surface area contributed by atoms with E-state index in [9.17, 15) is 14.3 Å². The molecule has 2 aromatic heterocycles. The smallest absolute Gasteiger partial charge is 0.405 e. The third-order valence-corrected chi connectivity index (χ3v) is 5.02. The predicted molar refractivity (Wildman–Crippen MR) is 93.7 cm³/mol. The molecule has 0 saturated carbocycles. The van der Waals surface area contributed by atoms with Crippen LogP contribution in [0.15, 0.2) is 38.1 Å². The van der Waals surface area contributed by atoms with Crippen molar-refractivity contribution in [3.63, 3.8) is 0 Å². The number of hydrogen-bond donors (Lipinski definition) is 2. The van der Waals surface area contributed by atoms with Crippen molar-refractivity contribution < 1.29 is 18.8 Å². The SMILES string of the molecule is [CH2]C(NC(=O)O)(c1ccccc1F)c1c(C)noc1-c1csc(Br)n1. The fourth-order valence-corrected chi connectivity index (χ4v) is 3.65. The number of carbonyl (C=O) groups is 1. The molecule has 1 amide bonds. The van der Waals surface area contributed by atoms with E-state index in [4.69, 9.17) is 4.52 Å². The van der Waals surface area contributed by atoms with Gasteiger partial charge in [0.2, 0.25) is 0 Å². The number of hydrogen-bond acceptors (Lipinski definition) is 5. The van der Waals surface area contributed by atoms with Crippen LogP contribution < -0.4 is 5.32 Å². The van der Waals surface area contributed by atoms with Crippen molar-refractivity contribution in [1.82, 2.24) is 15.5 Å². The Balaban J connectivity index is 2.27. The van der Waals surface area contributed by atoms with E-state index in [2.05, 4.69) is 38.3 Å². The standard InChI is InChI=1S/C16H12BrFN3O3S/c1-8-12(13(24-21-8)11-7-25-14(17)19-11)16(2,20-15(22)23)9-5-3-4-6-10(9)18/h3-7,20H,2H2,1H3,(H,22,23). The number of carboxylic acid groups (broad SMARTS) is 1. The minimum absolute atomic E-state index is 0.0549. The third-order valence-electron chi connectivity index (χ3n) is 3.65. The van der Waals surface area contributed by atoms with Gasteiger partial charge in [0.05, 0.1) is 11.3 Å². The molecule has 129 valence electrons. The Morgan fingerprint density at radius 3 is 2.80 bits per heavy atom. The molecule has 0 spiro atoms. The van der Waals surface area contributed by atoms with E-state index in [-0.39, 0.29) is 11.3 Å². The summed E-state index contributed by atoms with van der Waals surface area (Å²) < 4.78 is 20.4. The topological polar surface area (TPSA) is 88.2 Å². The van der Waals surface area contributed by atoms with Crippen LogP contribution in [-0.2, 0) is 5.54 Å². The van der Waals surface area contributed by atoms with Crippen molar-refractivity contribution in [2.45, 2.75) is 12.5 Å². The fourth-order valence-electron chi connectivity index (χ4n) is 2.66. The molecule has 1 aromatic carbocycles. The molecule has 0 fully saturated rings. The maximum absolute atomic E-state index is 14.5. The van der Waals surface area contributed by atoms with E-state index < -0.39 is 17.4 Å². The van der Waals surface area contributed by atoms with E-state index >= 15 is 0 Å². The minimum Gasteiger partial charge on any atom is -0.465 e. The number of amides is 1. The quantitative estimate of drug-likeness (QED) is 0.649. The Kier molecular flexibility index (Phi) is 4.61. The van der Waals surface area contributed by atoms with E-state index in [0.29, 0.717) is 20.9 Å². The lowest BCUT2D eigenvalue weighted by molar-refractivity contribution is 0.186. The van der Waals surface area contributed by atoms with Crippen LogP contribution >= 0.6 is 27.3 Å². The van der Waals surface area contributed by atoms with Gasteiger partial charge in [0, 0.05) is 10.9 Å². The van der Waals surface area contributed by atoms with Crippen molar-refractivity contribution >= 4 is 33.4 Å². The van der Waals surface area contributed by atoms with Crippen LogP contribution in [0, 0.1) is 19.7 Å². The van der Waals surface area contributed by atoms with Gasteiger partial charge in [-0.15, -0.1) is 11.3 Å². The summed E-state index contributed by atoms with van der Waals surface area (Å²) in [5.74, 6) is -0.372. The molecule has 1 atom stereocenters. The molecule has 0 aliphatic carbocycles. The summed E-state index contributed by atoms with van der Waals surface area (Å²) in [6.07, 6.45) is -1.36. The van der Waals surface area contributed by atoms with Crippen molar-refractivity contribution in [1.29, 1.82) is 0 Å². The summed E-state index contributed by atoms with van der Waals surface area (Å²) in [5.41, 5.74) is -0.473. The summed E-state index contributed by atoms with van der Waals surface area (Å²) in [6.45, 7) is 5.60. The lowest BCUT2D eigenvalue weighted by Crippen LogP contribution is -2.45. The Hall–Kier alpha value is -2.26. The van der Waals surface area contributed by atoms with Crippen LogP contribution in [0.1, 0.15) is 16.8 Å². The lowest BCUT2D eigenvalue weighted by atomic mass is 9.82. The Morgan fingerprint density at radius 1 is 1.48 bits per heavy atom. The van der Waals surface area contributed by atoms with Gasteiger partial charge in [-0.3, -0.25) is 0 Å². The first-order valence-electron chi connectivity index (χ1n) is 7.02. The van der Waals surface area contributed by atoms with Gasteiger partial charge in [0.15, 0.2) is 9.68 Å². The van der Waals surface area contributed by atoms with Gasteiger partial charge in [0.25, 0.3) is 0 Å². The second-order valence-corrected chi connectivity index (χ2v) is 7.41. The summed E-state index contributed by atoms with van der Waals surface area (Å²) in [7, 11) is 0. The molecule has 2 heterocycles. The molecule has 3 aromatic rings. The van der Waals surface area contributed by atoms with Crippen LogP contribution in [0.4, 0.5) is 9.18 Å². The molecule has 0 bridgehead atoms. The third kappa shape index (κ3) is 3.16. The van der Waals surface area contributed by atoms with Crippen LogP contribution in [0.25, 0.3) is 11.5 Å². The van der Waals surface area contributed by atoms with Gasteiger partial charge in [-0.05, 0) is 35.8 Å². The summed E-state index contributed by atoms with van der Waals surface area (Å²) >= 11 is 4.60. The molecule has 9 heteroatoms. The lowest BCUT2D eigenvalue weighted by Gasteiger charge is -2.30. The monoisotopic (exact) mass is 424 g/mol. The van der Waals surface area contributed by atoms with E-state index in [0.717, 1.165) is 0 Å².